The van der Waals surface area contributed by atoms with E-state index in [0.29, 0.717) is 5.90 Å². The monoisotopic (exact) mass is 166 g/mol. The van der Waals surface area contributed by atoms with E-state index in [2.05, 4.69) is 15.4 Å². The second kappa shape index (κ2) is 2.51. The molecule has 0 amide bonds. The van der Waals surface area contributed by atoms with Gasteiger partial charge in [0.05, 0.1) is 7.11 Å². The number of nitrogens with zero attached hydrogens (tertiary/aromatic N) is 3. The van der Waals surface area contributed by atoms with Gasteiger partial charge in [0.2, 0.25) is 12.2 Å². The van der Waals surface area contributed by atoms with Gasteiger partial charge in [-0.3, -0.25) is 0 Å². The minimum absolute atomic E-state index is 0.120. The number of rotatable bonds is 0. The third kappa shape index (κ3) is 0.939. The van der Waals surface area contributed by atoms with Crippen molar-refractivity contribution in [3.05, 3.63) is 11.8 Å². The van der Waals surface area contributed by atoms with Crippen LogP contribution in [0.5, 0.6) is 0 Å². The van der Waals surface area contributed by atoms with Gasteiger partial charge in [0.25, 0.3) is 0 Å². The lowest BCUT2D eigenvalue weighted by Crippen LogP contribution is -2.36. The predicted molar refractivity (Wildman–Crippen MR) is 45.5 cm³/mol. The van der Waals surface area contributed by atoms with Gasteiger partial charge in [-0.05, 0) is 6.92 Å². The van der Waals surface area contributed by atoms with E-state index in [-0.39, 0.29) is 6.29 Å². The second-order valence-electron chi connectivity index (χ2n) is 2.59. The Bertz CT molecular complexity index is 281. The van der Waals surface area contributed by atoms with E-state index in [1.807, 2.05) is 13.0 Å². The minimum atomic E-state index is -0.120. The maximum absolute atomic E-state index is 5.02. The molecule has 2 heterocycles. The summed E-state index contributed by atoms with van der Waals surface area (Å²) in [6.45, 7) is 1.96. The first-order chi connectivity index (χ1) is 5.81. The largest absolute Gasteiger partial charge is 0.481 e. The molecule has 0 saturated heterocycles. The number of allylic oxidation sites excluding steroid dienone is 1. The standard InChI is InChI=1S/C7H10N4O/c1-5-3-6(12-2)10-7-8-4-9-11(5)7/h3-4,7H,1-2H3,(H,8,9). The van der Waals surface area contributed by atoms with Gasteiger partial charge in [0.1, 0.15) is 6.34 Å². The van der Waals surface area contributed by atoms with Gasteiger partial charge in [0.15, 0.2) is 0 Å². The topological polar surface area (TPSA) is 49.2 Å². The molecule has 64 valence electrons. The summed E-state index contributed by atoms with van der Waals surface area (Å²) in [7, 11) is 1.61. The molecular formula is C7H10N4O. The molecule has 5 heteroatoms. The number of hydrogen-bond donors (Lipinski definition) is 1. The molecule has 0 bridgehead atoms. The molecule has 0 fully saturated rings. The van der Waals surface area contributed by atoms with E-state index < -0.39 is 0 Å². The van der Waals surface area contributed by atoms with Crippen molar-refractivity contribution >= 4 is 12.2 Å². The van der Waals surface area contributed by atoms with Crippen LogP contribution < -0.4 is 5.32 Å². The number of hydrogen-bond acceptors (Lipinski definition) is 5. The van der Waals surface area contributed by atoms with E-state index >= 15 is 0 Å². The van der Waals surface area contributed by atoms with Crippen LogP contribution in [-0.4, -0.2) is 30.6 Å². The molecule has 0 radical (unpaired) electrons. The summed E-state index contributed by atoms with van der Waals surface area (Å²) in [5.41, 5.74) is 1.02. The highest BCUT2D eigenvalue weighted by Crippen LogP contribution is 2.17. The summed E-state index contributed by atoms with van der Waals surface area (Å²) >= 11 is 0. The summed E-state index contributed by atoms with van der Waals surface area (Å²) < 4.78 is 5.02. The first kappa shape index (κ1) is 7.15. The van der Waals surface area contributed by atoms with Crippen LogP contribution in [0, 0.1) is 0 Å². The second-order valence-corrected chi connectivity index (χ2v) is 2.59. The molecule has 0 aromatic carbocycles. The fourth-order valence-corrected chi connectivity index (χ4v) is 1.19. The molecule has 2 aliphatic heterocycles. The molecule has 0 saturated carbocycles. The van der Waals surface area contributed by atoms with Crippen molar-refractivity contribution in [3.8, 4) is 0 Å². The number of ether oxygens (including phenoxy) is 1. The summed E-state index contributed by atoms with van der Waals surface area (Å²) in [6, 6.07) is 0. The number of nitrogens with one attached hydrogen (secondary N) is 1. The molecular weight excluding hydrogens is 156 g/mol. The lowest BCUT2D eigenvalue weighted by molar-refractivity contribution is 0.268. The quantitative estimate of drug-likeness (QED) is 0.554. The zero-order chi connectivity index (χ0) is 8.55. The van der Waals surface area contributed by atoms with E-state index in [0.717, 1.165) is 5.70 Å². The Morgan fingerprint density at radius 3 is 3.25 bits per heavy atom. The third-order valence-corrected chi connectivity index (χ3v) is 1.79. The SMILES string of the molecule is COC1=NC2NC=NN2C(C)=C1. The van der Waals surface area contributed by atoms with E-state index in [9.17, 15) is 0 Å². The van der Waals surface area contributed by atoms with Crippen molar-refractivity contribution in [1.29, 1.82) is 0 Å². The Hall–Kier alpha value is -1.52. The van der Waals surface area contributed by atoms with Gasteiger partial charge >= 0.3 is 0 Å². The smallest absolute Gasteiger partial charge is 0.220 e. The molecule has 1 N–H and O–H groups in total. The Labute approximate surface area is 70.4 Å². The van der Waals surface area contributed by atoms with Gasteiger partial charge in [-0.25, -0.2) is 10.0 Å². The maximum atomic E-state index is 5.02. The van der Waals surface area contributed by atoms with Crippen LogP contribution in [0.15, 0.2) is 21.9 Å². The fraction of sp³-hybridized carbons (Fsp3) is 0.429. The zero-order valence-electron chi connectivity index (χ0n) is 6.98. The van der Waals surface area contributed by atoms with Crippen LogP contribution in [0.1, 0.15) is 6.92 Å². The molecule has 12 heavy (non-hydrogen) atoms. The number of hydrazone groups is 1. The molecule has 2 aliphatic rings. The van der Waals surface area contributed by atoms with Gasteiger partial charge in [0, 0.05) is 11.8 Å². The van der Waals surface area contributed by atoms with Gasteiger partial charge in [-0.2, -0.15) is 5.10 Å². The van der Waals surface area contributed by atoms with E-state index in [1.165, 1.54) is 0 Å². The molecule has 0 spiro atoms. The first-order valence-electron chi connectivity index (χ1n) is 3.69. The average Bonchev–Trinajstić information content (AvgIpc) is 2.52. The molecule has 1 atom stereocenters. The highest BCUT2D eigenvalue weighted by atomic mass is 16.5. The van der Waals surface area contributed by atoms with Crippen LogP contribution in [-0.2, 0) is 4.74 Å². The first-order valence-corrected chi connectivity index (χ1v) is 3.69. The Kier molecular flexibility index (Phi) is 1.49. The third-order valence-electron chi connectivity index (χ3n) is 1.79. The Morgan fingerprint density at radius 1 is 1.67 bits per heavy atom. The lowest BCUT2D eigenvalue weighted by Gasteiger charge is -2.24. The molecule has 0 aromatic rings. The number of aliphatic imine (C=N–C) groups is 1. The summed E-state index contributed by atoms with van der Waals surface area (Å²) in [4.78, 5) is 4.22. The fourth-order valence-electron chi connectivity index (χ4n) is 1.19. The van der Waals surface area contributed by atoms with Gasteiger partial charge in [-0.15, -0.1) is 0 Å². The van der Waals surface area contributed by atoms with Crippen molar-refractivity contribution in [2.24, 2.45) is 10.1 Å². The van der Waals surface area contributed by atoms with Crippen molar-refractivity contribution in [1.82, 2.24) is 10.3 Å². The van der Waals surface area contributed by atoms with Crippen molar-refractivity contribution in [2.45, 2.75) is 13.2 Å². The lowest BCUT2D eigenvalue weighted by atomic mass is 10.3. The van der Waals surface area contributed by atoms with Crippen molar-refractivity contribution < 1.29 is 4.74 Å². The van der Waals surface area contributed by atoms with Gasteiger partial charge in [-0.1, -0.05) is 0 Å². The Morgan fingerprint density at radius 2 is 2.50 bits per heavy atom. The number of fused-ring (bicyclic) bond motifs is 1. The average molecular weight is 166 g/mol. The van der Waals surface area contributed by atoms with Crippen LogP contribution in [0.4, 0.5) is 0 Å². The van der Waals surface area contributed by atoms with Crippen molar-refractivity contribution in [3.63, 3.8) is 0 Å². The molecule has 0 aliphatic carbocycles. The highest BCUT2D eigenvalue weighted by Gasteiger charge is 2.24. The summed E-state index contributed by atoms with van der Waals surface area (Å²) in [5, 5.41) is 8.85. The van der Waals surface area contributed by atoms with Crippen LogP contribution in [0.25, 0.3) is 0 Å². The van der Waals surface area contributed by atoms with Crippen LogP contribution in [0.2, 0.25) is 0 Å². The van der Waals surface area contributed by atoms with E-state index in [1.54, 1.807) is 18.5 Å². The molecule has 2 rings (SSSR count). The normalized spacial score (nSPS) is 25.8. The summed E-state index contributed by atoms with van der Waals surface area (Å²) in [6.07, 6.45) is 3.36. The number of methoxy groups -OCH3 is 1. The van der Waals surface area contributed by atoms with Crippen molar-refractivity contribution in [2.75, 3.05) is 7.11 Å². The maximum Gasteiger partial charge on any atom is 0.220 e. The molecule has 0 aromatic heterocycles. The van der Waals surface area contributed by atoms with Crippen LogP contribution in [0.3, 0.4) is 0 Å². The van der Waals surface area contributed by atoms with E-state index in [4.69, 9.17) is 4.74 Å². The predicted octanol–water partition coefficient (Wildman–Crippen LogP) is 0.0808. The Balaban J connectivity index is 2.27. The molecule has 5 nitrogen and oxygen atoms in total. The highest BCUT2D eigenvalue weighted by molar-refractivity contribution is 5.89. The van der Waals surface area contributed by atoms with Gasteiger partial charge < -0.3 is 10.1 Å². The zero-order valence-corrected chi connectivity index (χ0v) is 6.98. The minimum Gasteiger partial charge on any atom is -0.481 e. The molecule has 1 unspecified atom stereocenters. The summed E-state index contributed by atoms with van der Waals surface area (Å²) in [5.74, 6) is 0.631. The van der Waals surface area contributed by atoms with Crippen LogP contribution >= 0.6 is 0 Å².